The van der Waals surface area contributed by atoms with Gasteiger partial charge >= 0.3 is 0 Å². The number of rotatable bonds is 2. The summed E-state index contributed by atoms with van der Waals surface area (Å²) in [7, 11) is 0. The Morgan fingerprint density at radius 3 is 2.95 bits per heavy atom. The van der Waals surface area contributed by atoms with Crippen LogP contribution in [0.25, 0.3) is 0 Å². The second-order valence-corrected chi connectivity index (χ2v) is 4.62. The van der Waals surface area contributed by atoms with Gasteiger partial charge in [-0.05, 0) is 11.1 Å². The highest BCUT2D eigenvalue weighted by Gasteiger charge is 2.33. The molecular formula is C14H15NO4. The molecule has 0 aromatic heterocycles. The van der Waals surface area contributed by atoms with Crippen LogP contribution in [-0.2, 0) is 20.7 Å². The summed E-state index contributed by atoms with van der Waals surface area (Å²) in [5, 5.41) is 12.8. The highest BCUT2D eigenvalue weighted by molar-refractivity contribution is 5.91. The summed E-state index contributed by atoms with van der Waals surface area (Å²) < 4.78 is 10.3. The molecule has 2 aliphatic rings. The lowest BCUT2D eigenvalue weighted by Crippen LogP contribution is -2.36. The molecule has 1 heterocycles. The molecule has 2 atom stereocenters. The molecule has 1 amide bonds. The van der Waals surface area contributed by atoms with Crippen LogP contribution in [0, 0.1) is 0 Å². The van der Waals surface area contributed by atoms with Crippen molar-refractivity contribution in [2.45, 2.75) is 18.6 Å². The highest BCUT2D eigenvalue weighted by atomic mass is 16.6. The fourth-order valence-electron chi connectivity index (χ4n) is 2.45. The summed E-state index contributed by atoms with van der Waals surface area (Å²) in [6.07, 6.45) is 1.26. The maximum absolute atomic E-state index is 12.0. The smallest absolute Gasteiger partial charge is 0.290 e. The van der Waals surface area contributed by atoms with E-state index in [1.165, 1.54) is 6.26 Å². The third kappa shape index (κ3) is 2.29. The molecule has 5 nitrogen and oxygen atoms in total. The van der Waals surface area contributed by atoms with E-state index < -0.39 is 12.1 Å². The first kappa shape index (κ1) is 12.0. The standard InChI is InChI=1S/C14H15NO4/c16-11-7-9-3-1-2-4-10(9)13(11)15-14(17)12-8-18-5-6-19-12/h1-4,8,11,13,16H,5-7H2,(H,15,17). The molecule has 0 spiro atoms. The summed E-state index contributed by atoms with van der Waals surface area (Å²) in [5.74, 6) is -0.205. The molecule has 100 valence electrons. The van der Waals surface area contributed by atoms with Crippen molar-refractivity contribution >= 4 is 5.91 Å². The van der Waals surface area contributed by atoms with Crippen molar-refractivity contribution in [2.75, 3.05) is 13.2 Å². The molecule has 1 aromatic rings. The lowest BCUT2D eigenvalue weighted by molar-refractivity contribution is -0.123. The Morgan fingerprint density at radius 2 is 2.16 bits per heavy atom. The van der Waals surface area contributed by atoms with Crippen molar-refractivity contribution in [3.8, 4) is 0 Å². The van der Waals surface area contributed by atoms with Crippen LogP contribution in [0.1, 0.15) is 17.2 Å². The summed E-state index contributed by atoms with van der Waals surface area (Å²) in [6.45, 7) is 0.814. The molecule has 1 aliphatic heterocycles. The number of nitrogens with one attached hydrogen (secondary N) is 1. The quantitative estimate of drug-likeness (QED) is 0.820. The van der Waals surface area contributed by atoms with Gasteiger partial charge < -0.3 is 19.9 Å². The normalized spacial score (nSPS) is 24.8. The Kier molecular flexibility index (Phi) is 3.13. The van der Waals surface area contributed by atoms with Gasteiger partial charge in [-0.25, -0.2) is 0 Å². The topological polar surface area (TPSA) is 67.8 Å². The van der Waals surface area contributed by atoms with Crippen molar-refractivity contribution in [2.24, 2.45) is 0 Å². The molecule has 0 saturated carbocycles. The van der Waals surface area contributed by atoms with Gasteiger partial charge in [0.15, 0.2) is 0 Å². The molecule has 0 saturated heterocycles. The van der Waals surface area contributed by atoms with Gasteiger partial charge in [0.25, 0.3) is 5.91 Å². The number of carbonyl (C=O) groups is 1. The first-order chi connectivity index (χ1) is 9.25. The fraction of sp³-hybridized carbons (Fsp3) is 0.357. The van der Waals surface area contributed by atoms with Gasteiger partial charge in [0.1, 0.15) is 19.5 Å². The average molecular weight is 261 g/mol. The molecule has 1 aliphatic carbocycles. The highest BCUT2D eigenvalue weighted by Crippen LogP contribution is 2.31. The minimum Gasteiger partial charge on any atom is -0.494 e. The average Bonchev–Trinajstić information content (AvgIpc) is 2.76. The van der Waals surface area contributed by atoms with E-state index in [1.807, 2.05) is 24.3 Å². The molecule has 0 bridgehead atoms. The molecule has 1 aromatic carbocycles. The van der Waals surface area contributed by atoms with Gasteiger partial charge in [-0.15, -0.1) is 0 Å². The Labute approximate surface area is 110 Å². The SMILES string of the molecule is O=C(NC1c2ccccc2CC1O)C1=COCCO1. The van der Waals surface area contributed by atoms with Crippen molar-refractivity contribution in [1.82, 2.24) is 5.32 Å². The van der Waals surface area contributed by atoms with E-state index >= 15 is 0 Å². The molecule has 0 fully saturated rings. The molecule has 5 heteroatoms. The Hall–Kier alpha value is -2.01. The minimum absolute atomic E-state index is 0.155. The third-order valence-electron chi connectivity index (χ3n) is 3.36. The van der Waals surface area contributed by atoms with Gasteiger partial charge in [-0.2, -0.15) is 0 Å². The van der Waals surface area contributed by atoms with E-state index in [0.717, 1.165) is 11.1 Å². The zero-order valence-electron chi connectivity index (χ0n) is 10.3. The molecule has 3 rings (SSSR count). The van der Waals surface area contributed by atoms with Crippen molar-refractivity contribution in [1.29, 1.82) is 0 Å². The number of amides is 1. The second-order valence-electron chi connectivity index (χ2n) is 4.62. The first-order valence-electron chi connectivity index (χ1n) is 6.27. The first-order valence-corrected chi connectivity index (χ1v) is 6.27. The molecule has 0 radical (unpaired) electrons. The van der Waals surface area contributed by atoms with Gasteiger partial charge in [0.05, 0.1) is 12.1 Å². The van der Waals surface area contributed by atoms with Crippen LogP contribution in [0.4, 0.5) is 0 Å². The fourth-order valence-corrected chi connectivity index (χ4v) is 2.45. The van der Waals surface area contributed by atoms with E-state index in [9.17, 15) is 9.90 Å². The van der Waals surface area contributed by atoms with Crippen LogP contribution >= 0.6 is 0 Å². The Bertz CT molecular complexity index is 526. The van der Waals surface area contributed by atoms with Gasteiger partial charge in [-0.3, -0.25) is 4.79 Å². The zero-order valence-corrected chi connectivity index (χ0v) is 10.3. The zero-order chi connectivity index (χ0) is 13.2. The number of hydrogen-bond donors (Lipinski definition) is 2. The largest absolute Gasteiger partial charge is 0.494 e. The summed E-state index contributed by atoms with van der Waals surface area (Å²) in [5.41, 5.74) is 2.02. The number of fused-ring (bicyclic) bond motifs is 1. The number of aliphatic hydroxyl groups is 1. The predicted molar refractivity (Wildman–Crippen MR) is 67.0 cm³/mol. The maximum atomic E-state index is 12.0. The summed E-state index contributed by atoms with van der Waals surface area (Å²) >= 11 is 0. The van der Waals surface area contributed by atoms with Crippen LogP contribution in [0.5, 0.6) is 0 Å². The Morgan fingerprint density at radius 1 is 1.32 bits per heavy atom. The van der Waals surface area contributed by atoms with Crippen LogP contribution in [-0.4, -0.2) is 30.3 Å². The number of benzene rings is 1. The minimum atomic E-state index is -0.605. The van der Waals surface area contributed by atoms with Crippen molar-refractivity contribution in [3.63, 3.8) is 0 Å². The van der Waals surface area contributed by atoms with E-state index in [0.29, 0.717) is 19.6 Å². The van der Waals surface area contributed by atoms with Crippen molar-refractivity contribution in [3.05, 3.63) is 47.4 Å². The lowest BCUT2D eigenvalue weighted by Gasteiger charge is -2.20. The number of hydrogen-bond acceptors (Lipinski definition) is 4. The lowest BCUT2D eigenvalue weighted by atomic mass is 10.1. The Balaban J connectivity index is 1.76. The van der Waals surface area contributed by atoms with Gasteiger partial charge in [0, 0.05) is 6.42 Å². The van der Waals surface area contributed by atoms with Crippen molar-refractivity contribution < 1.29 is 19.4 Å². The molecule has 2 N–H and O–H groups in total. The predicted octanol–water partition coefficient (Wildman–Crippen LogP) is 0.649. The van der Waals surface area contributed by atoms with Gasteiger partial charge in [-0.1, -0.05) is 24.3 Å². The molecule has 19 heavy (non-hydrogen) atoms. The number of ether oxygens (including phenoxy) is 2. The van der Waals surface area contributed by atoms with Crippen LogP contribution in [0.3, 0.4) is 0 Å². The monoisotopic (exact) mass is 261 g/mol. The number of carbonyl (C=O) groups excluding carboxylic acids is 1. The molecule has 2 unspecified atom stereocenters. The van der Waals surface area contributed by atoms with E-state index in [-0.39, 0.29) is 11.7 Å². The second kappa shape index (κ2) is 4.93. The van der Waals surface area contributed by atoms with E-state index in [1.54, 1.807) is 0 Å². The third-order valence-corrected chi connectivity index (χ3v) is 3.36. The summed E-state index contributed by atoms with van der Waals surface area (Å²) in [4.78, 5) is 12.0. The van der Waals surface area contributed by atoms with Crippen LogP contribution < -0.4 is 5.32 Å². The van der Waals surface area contributed by atoms with E-state index in [4.69, 9.17) is 9.47 Å². The molecular weight excluding hydrogens is 246 g/mol. The van der Waals surface area contributed by atoms with Gasteiger partial charge in [0.2, 0.25) is 5.76 Å². The van der Waals surface area contributed by atoms with E-state index in [2.05, 4.69) is 5.32 Å². The van der Waals surface area contributed by atoms with Crippen LogP contribution in [0.15, 0.2) is 36.3 Å². The maximum Gasteiger partial charge on any atom is 0.290 e. The van der Waals surface area contributed by atoms with Crippen LogP contribution in [0.2, 0.25) is 0 Å². The summed E-state index contributed by atoms with van der Waals surface area (Å²) in [6, 6.07) is 7.31. The number of aliphatic hydroxyl groups excluding tert-OH is 1.